The zero-order valence-electron chi connectivity index (χ0n) is 18.0. The van der Waals surface area contributed by atoms with E-state index in [1.54, 1.807) is 24.3 Å². The van der Waals surface area contributed by atoms with E-state index in [-0.39, 0.29) is 4.90 Å². The number of nitrogens with zero attached hydrogens (tertiary/aromatic N) is 1. The van der Waals surface area contributed by atoms with Gasteiger partial charge in [0.1, 0.15) is 11.2 Å². The molecule has 1 aliphatic heterocycles. The highest BCUT2D eigenvalue weighted by atomic mass is 32.2. The van der Waals surface area contributed by atoms with Crippen LogP contribution in [0.15, 0.2) is 102 Å². The third kappa shape index (κ3) is 3.50. The highest BCUT2D eigenvalue weighted by Gasteiger charge is 2.56. The van der Waals surface area contributed by atoms with Gasteiger partial charge < -0.3 is 4.74 Å². The molecule has 4 rings (SSSR count). The van der Waals surface area contributed by atoms with Crippen molar-refractivity contribution in [3.63, 3.8) is 0 Å². The van der Waals surface area contributed by atoms with Crippen molar-refractivity contribution >= 4 is 15.9 Å². The first kappa shape index (κ1) is 21.8. The molecule has 3 aromatic carbocycles. The summed E-state index contributed by atoms with van der Waals surface area (Å²) in [6.45, 7) is 1.83. The number of rotatable bonds is 6. The van der Waals surface area contributed by atoms with Gasteiger partial charge in [-0.15, -0.1) is 0 Å². The molecule has 0 saturated carbocycles. The van der Waals surface area contributed by atoms with Crippen LogP contribution in [0.5, 0.6) is 5.75 Å². The van der Waals surface area contributed by atoms with E-state index in [0.717, 1.165) is 15.4 Å². The van der Waals surface area contributed by atoms with Crippen molar-refractivity contribution in [2.75, 3.05) is 7.11 Å². The lowest BCUT2D eigenvalue weighted by Crippen LogP contribution is -2.43. The maximum Gasteiger partial charge on any atom is 0.267 e. The smallest absolute Gasteiger partial charge is 0.267 e. The first-order valence-corrected chi connectivity index (χ1v) is 11.9. The zero-order valence-corrected chi connectivity index (χ0v) is 18.8. The number of carbonyl (C=O) groups excluding carboxylic acids is 1. The van der Waals surface area contributed by atoms with Crippen molar-refractivity contribution < 1.29 is 17.9 Å². The second-order valence-corrected chi connectivity index (χ2v) is 9.53. The summed E-state index contributed by atoms with van der Waals surface area (Å²) < 4.78 is 33.6. The molecule has 1 atom stereocenters. The molecule has 1 saturated heterocycles. The molecule has 0 N–H and O–H groups in total. The van der Waals surface area contributed by atoms with Gasteiger partial charge in [0.15, 0.2) is 0 Å². The van der Waals surface area contributed by atoms with Crippen molar-refractivity contribution in [1.82, 2.24) is 4.31 Å². The minimum atomic E-state index is -4.09. The molecule has 0 bridgehead atoms. The lowest BCUT2D eigenvalue weighted by molar-refractivity contribution is -0.127. The monoisotopic (exact) mass is 447 g/mol. The van der Waals surface area contributed by atoms with Crippen molar-refractivity contribution in [3.8, 4) is 5.75 Å². The third-order valence-corrected chi connectivity index (χ3v) is 7.77. The molecule has 3 aromatic rings. The van der Waals surface area contributed by atoms with Crippen LogP contribution >= 0.6 is 0 Å². The fraction of sp³-hybridized carbons (Fsp3) is 0.192. The molecular weight excluding hydrogens is 422 g/mol. The quantitative estimate of drug-likeness (QED) is 0.520. The van der Waals surface area contributed by atoms with E-state index in [9.17, 15) is 13.2 Å². The van der Waals surface area contributed by atoms with Crippen molar-refractivity contribution in [2.24, 2.45) is 0 Å². The molecule has 1 fully saturated rings. The van der Waals surface area contributed by atoms with Gasteiger partial charge in [0, 0.05) is 0 Å². The van der Waals surface area contributed by atoms with Crippen LogP contribution in [-0.2, 0) is 20.2 Å². The van der Waals surface area contributed by atoms with Gasteiger partial charge in [-0.2, -0.15) is 0 Å². The summed E-state index contributed by atoms with van der Waals surface area (Å²) in [4.78, 5) is 14.2. The van der Waals surface area contributed by atoms with Crippen LogP contribution < -0.4 is 4.74 Å². The van der Waals surface area contributed by atoms with Gasteiger partial charge in [0.2, 0.25) is 0 Å². The molecule has 0 radical (unpaired) electrons. The van der Waals surface area contributed by atoms with Crippen molar-refractivity contribution in [1.29, 1.82) is 0 Å². The maximum absolute atomic E-state index is 14.1. The predicted molar refractivity (Wildman–Crippen MR) is 124 cm³/mol. The summed E-state index contributed by atoms with van der Waals surface area (Å²) in [7, 11) is -2.58. The van der Waals surface area contributed by atoms with E-state index in [0.29, 0.717) is 12.2 Å². The Morgan fingerprint density at radius 1 is 0.906 bits per heavy atom. The molecule has 5 nitrogen and oxygen atoms in total. The number of carbonyl (C=O) groups is 1. The molecule has 164 valence electrons. The first-order valence-electron chi connectivity index (χ1n) is 10.4. The second-order valence-electron chi connectivity index (χ2n) is 7.72. The molecule has 1 aliphatic rings. The number of ether oxygens (including phenoxy) is 1. The Kier molecular flexibility index (Phi) is 5.89. The van der Waals surface area contributed by atoms with Gasteiger partial charge >= 0.3 is 0 Å². The number of sulfonamides is 1. The SMILES string of the molecule is C/C=C/[C@H]1CC(c2ccccc2)(c2ccccc2)C(=O)N1S(=O)(=O)c1ccc(OC)cc1. The van der Waals surface area contributed by atoms with E-state index < -0.39 is 27.4 Å². The van der Waals surface area contributed by atoms with Crippen LogP contribution in [0.2, 0.25) is 0 Å². The minimum Gasteiger partial charge on any atom is -0.497 e. The van der Waals surface area contributed by atoms with Crippen LogP contribution in [0, 0.1) is 0 Å². The van der Waals surface area contributed by atoms with Gasteiger partial charge in [-0.05, 0) is 48.7 Å². The largest absolute Gasteiger partial charge is 0.497 e. The molecule has 32 heavy (non-hydrogen) atoms. The van der Waals surface area contributed by atoms with Crippen LogP contribution in [0.4, 0.5) is 0 Å². The lowest BCUT2D eigenvalue weighted by Gasteiger charge is -2.29. The Morgan fingerprint density at radius 3 is 1.91 bits per heavy atom. The van der Waals surface area contributed by atoms with E-state index in [1.165, 1.54) is 19.2 Å². The molecule has 1 heterocycles. The zero-order chi connectivity index (χ0) is 22.8. The molecule has 1 amide bonds. The normalized spacial score (nSPS) is 18.2. The molecule has 0 aromatic heterocycles. The number of amides is 1. The summed E-state index contributed by atoms with van der Waals surface area (Å²) in [5.74, 6) is 0.0958. The Labute approximate surface area is 189 Å². The Balaban J connectivity index is 1.91. The van der Waals surface area contributed by atoms with Gasteiger partial charge in [-0.3, -0.25) is 4.79 Å². The fourth-order valence-corrected chi connectivity index (χ4v) is 6.02. The summed E-state index contributed by atoms with van der Waals surface area (Å²) in [6.07, 6.45) is 3.90. The Bertz CT molecular complexity index is 1180. The maximum atomic E-state index is 14.1. The summed E-state index contributed by atoms with van der Waals surface area (Å²) in [5, 5.41) is 0. The van der Waals surface area contributed by atoms with E-state index in [4.69, 9.17) is 4.74 Å². The molecule has 6 heteroatoms. The van der Waals surface area contributed by atoms with Crippen molar-refractivity contribution in [2.45, 2.75) is 29.7 Å². The Morgan fingerprint density at radius 2 is 1.44 bits per heavy atom. The summed E-state index contributed by atoms with van der Waals surface area (Å²) in [5.41, 5.74) is 0.447. The summed E-state index contributed by atoms with van der Waals surface area (Å²) >= 11 is 0. The highest BCUT2D eigenvalue weighted by Crippen LogP contribution is 2.47. The second kappa shape index (κ2) is 8.63. The van der Waals surface area contributed by atoms with Crippen LogP contribution in [0.1, 0.15) is 24.5 Å². The van der Waals surface area contributed by atoms with Gasteiger partial charge in [-0.25, -0.2) is 12.7 Å². The van der Waals surface area contributed by atoms with Gasteiger partial charge in [0.25, 0.3) is 15.9 Å². The van der Waals surface area contributed by atoms with Crippen LogP contribution in [0.25, 0.3) is 0 Å². The Hall–Kier alpha value is -3.38. The summed E-state index contributed by atoms with van der Waals surface area (Å²) in [6, 6.07) is 24.3. The predicted octanol–water partition coefficient (Wildman–Crippen LogP) is 4.55. The number of hydrogen-bond donors (Lipinski definition) is 0. The fourth-order valence-electron chi connectivity index (χ4n) is 4.43. The highest BCUT2D eigenvalue weighted by molar-refractivity contribution is 7.89. The van der Waals surface area contributed by atoms with Crippen LogP contribution in [0.3, 0.4) is 0 Å². The van der Waals surface area contributed by atoms with E-state index >= 15 is 0 Å². The number of allylic oxidation sites excluding steroid dienone is 1. The minimum absolute atomic E-state index is 0.0538. The van der Waals surface area contributed by atoms with Crippen LogP contribution in [-0.4, -0.2) is 31.8 Å². The molecule has 0 spiro atoms. The standard InChI is InChI=1S/C26H25NO4S/c1-3-10-22-19-26(20-11-6-4-7-12-20,21-13-8-5-9-14-21)25(28)27(22)32(29,30)24-17-15-23(31-2)16-18-24/h3-18,22H,19H2,1-2H3/b10-3+/t22-/m0/s1. The van der Waals surface area contributed by atoms with E-state index in [2.05, 4.69) is 0 Å². The molecular formula is C26H25NO4S. The van der Waals surface area contributed by atoms with E-state index in [1.807, 2.05) is 67.6 Å². The molecule has 0 unspecified atom stereocenters. The van der Waals surface area contributed by atoms with Crippen molar-refractivity contribution in [3.05, 3.63) is 108 Å². The topological polar surface area (TPSA) is 63.7 Å². The molecule has 0 aliphatic carbocycles. The average molecular weight is 448 g/mol. The average Bonchev–Trinajstić information content (AvgIpc) is 3.14. The first-order chi connectivity index (χ1) is 15.4. The number of methoxy groups -OCH3 is 1. The lowest BCUT2D eigenvalue weighted by atomic mass is 9.72. The third-order valence-electron chi connectivity index (χ3n) is 5.95. The number of hydrogen-bond acceptors (Lipinski definition) is 4. The number of benzene rings is 3. The van der Waals surface area contributed by atoms with Gasteiger partial charge in [-0.1, -0.05) is 72.8 Å². The van der Waals surface area contributed by atoms with Gasteiger partial charge in [0.05, 0.1) is 18.0 Å².